The second-order valence-corrected chi connectivity index (χ2v) is 5.96. The molecule has 0 fully saturated rings. The topological polar surface area (TPSA) is 64.9 Å². The molecule has 3 rings (SSSR count). The van der Waals surface area contributed by atoms with Crippen molar-refractivity contribution >= 4 is 16.8 Å². The van der Waals surface area contributed by atoms with Crippen LogP contribution in [0.15, 0.2) is 41.1 Å². The normalized spacial score (nSPS) is 11.9. The molecule has 2 heterocycles. The molecule has 4 heteroatoms. The number of hydrogen-bond donors (Lipinski definition) is 1. The lowest BCUT2D eigenvalue weighted by Gasteiger charge is -2.18. The average molecular weight is 267 g/mol. The Labute approximate surface area is 117 Å². The minimum absolute atomic E-state index is 0.0893. The van der Waals surface area contributed by atoms with E-state index in [0.717, 1.165) is 16.7 Å². The maximum Gasteiger partial charge on any atom is 0.228 e. The first-order chi connectivity index (χ1) is 9.43. The fourth-order valence-electron chi connectivity index (χ4n) is 2.09. The van der Waals surface area contributed by atoms with Crippen LogP contribution in [0.1, 0.15) is 26.3 Å². The molecule has 0 aliphatic heterocycles. The number of aromatic nitrogens is 2. The van der Waals surface area contributed by atoms with E-state index in [0.29, 0.717) is 11.6 Å². The maximum absolute atomic E-state index is 5.77. The molecule has 0 bridgehead atoms. The van der Waals surface area contributed by atoms with Crippen LogP contribution >= 0.6 is 0 Å². The number of fused-ring (bicyclic) bond motifs is 1. The van der Waals surface area contributed by atoms with E-state index in [1.165, 1.54) is 5.56 Å². The van der Waals surface area contributed by atoms with E-state index in [-0.39, 0.29) is 5.41 Å². The molecule has 0 saturated carbocycles. The van der Waals surface area contributed by atoms with Gasteiger partial charge in [-0.05, 0) is 29.2 Å². The van der Waals surface area contributed by atoms with Crippen LogP contribution in [0, 0.1) is 0 Å². The van der Waals surface area contributed by atoms with Crippen LogP contribution in [0.3, 0.4) is 0 Å². The third kappa shape index (κ3) is 2.25. The standard InChI is InChI=1S/C16H17N3O/c1-16(2,3)11-4-5-14-13(7-11)19-15(20-14)10-6-12(17)9-18-8-10/h4-9H,17H2,1-3H3. The Balaban J connectivity index is 2.11. The van der Waals surface area contributed by atoms with E-state index in [1.54, 1.807) is 12.4 Å². The number of anilines is 1. The van der Waals surface area contributed by atoms with Gasteiger partial charge in [0.2, 0.25) is 5.89 Å². The zero-order valence-electron chi connectivity index (χ0n) is 11.8. The molecule has 102 valence electrons. The van der Waals surface area contributed by atoms with Crippen LogP contribution in [0.5, 0.6) is 0 Å². The fraction of sp³-hybridized carbons (Fsp3) is 0.250. The van der Waals surface area contributed by atoms with Crippen molar-refractivity contribution in [3.8, 4) is 11.5 Å². The summed E-state index contributed by atoms with van der Waals surface area (Å²) in [6.07, 6.45) is 3.30. The number of nitrogen functional groups attached to an aromatic ring is 1. The minimum Gasteiger partial charge on any atom is -0.436 e. The molecule has 2 aromatic heterocycles. The van der Waals surface area contributed by atoms with Gasteiger partial charge in [0.25, 0.3) is 0 Å². The summed E-state index contributed by atoms with van der Waals surface area (Å²) in [6, 6.07) is 7.92. The Morgan fingerprint density at radius 2 is 1.90 bits per heavy atom. The van der Waals surface area contributed by atoms with Gasteiger partial charge in [-0.1, -0.05) is 26.8 Å². The first kappa shape index (κ1) is 12.7. The van der Waals surface area contributed by atoms with Crippen molar-refractivity contribution in [3.63, 3.8) is 0 Å². The van der Waals surface area contributed by atoms with Gasteiger partial charge in [0.05, 0.1) is 11.3 Å². The quantitative estimate of drug-likeness (QED) is 0.729. The van der Waals surface area contributed by atoms with E-state index < -0.39 is 0 Å². The number of nitrogens with zero attached hydrogens (tertiary/aromatic N) is 2. The van der Waals surface area contributed by atoms with Crippen LogP contribution < -0.4 is 5.73 Å². The van der Waals surface area contributed by atoms with Gasteiger partial charge in [0, 0.05) is 12.4 Å². The number of oxazole rings is 1. The maximum atomic E-state index is 5.77. The van der Waals surface area contributed by atoms with Gasteiger partial charge in [-0.3, -0.25) is 4.98 Å². The third-order valence-corrected chi connectivity index (χ3v) is 3.26. The Morgan fingerprint density at radius 1 is 1.10 bits per heavy atom. The largest absolute Gasteiger partial charge is 0.436 e. The van der Waals surface area contributed by atoms with Crippen molar-refractivity contribution in [2.24, 2.45) is 0 Å². The number of hydrogen-bond acceptors (Lipinski definition) is 4. The number of pyridine rings is 1. The molecule has 1 aromatic carbocycles. The van der Waals surface area contributed by atoms with Gasteiger partial charge < -0.3 is 10.2 Å². The summed E-state index contributed by atoms with van der Waals surface area (Å²) in [6.45, 7) is 6.53. The summed E-state index contributed by atoms with van der Waals surface area (Å²) < 4.78 is 5.77. The summed E-state index contributed by atoms with van der Waals surface area (Å²) >= 11 is 0. The van der Waals surface area contributed by atoms with Crippen LogP contribution in [-0.2, 0) is 5.41 Å². The second-order valence-electron chi connectivity index (χ2n) is 5.96. The second kappa shape index (κ2) is 4.34. The first-order valence-corrected chi connectivity index (χ1v) is 6.55. The highest BCUT2D eigenvalue weighted by Gasteiger charge is 2.16. The first-order valence-electron chi connectivity index (χ1n) is 6.55. The molecule has 4 nitrogen and oxygen atoms in total. The van der Waals surface area contributed by atoms with E-state index in [2.05, 4.69) is 42.9 Å². The van der Waals surface area contributed by atoms with Crippen molar-refractivity contribution in [1.29, 1.82) is 0 Å². The van der Waals surface area contributed by atoms with E-state index >= 15 is 0 Å². The monoisotopic (exact) mass is 267 g/mol. The predicted octanol–water partition coefficient (Wildman–Crippen LogP) is 3.77. The van der Waals surface area contributed by atoms with Crippen LogP contribution in [0.2, 0.25) is 0 Å². The third-order valence-electron chi connectivity index (χ3n) is 3.26. The summed E-state index contributed by atoms with van der Waals surface area (Å²) in [7, 11) is 0. The van der Waals surface area contributed by atoms with E-state index in [4.69, 9.17) is 10.2 Å². The number of nitrogens with two attached hydrogens (primary N) is 1. The molecule has 0 saturated heterocycles. The summed E-state index contributed by atoms with van der Waals surface area (Å²) in [5.74, 6) is 0.547. The van der Waals surface area contributed by atoms with Crippen molar-refractivity contribution in [1.82, 2.24) is 9.97 Å². The van der Waals surface area contributed by atoms with E-state index in [9.17, 15) is 0 Å². The average Bonchev–Trinajstić information content (AvgIpc) is 2.80. The molecule has 20 heavy (non-hydrogen) atoms. The molecule has 0 atom stereocenters. The molecule has 3 aromatic rings. The molecule has 0 aliphatic carbocycles. The Bertz CT molecular complexity index is 769. The molecule has 0 spiro atoms. The number of benzene rings is 1. The Kier molecular flexibility index (Phi) is 2.74. The van der Waals surface area contributed by atoms with Crippen LogP contribution in [0.4, 0.5) is 5.69 Å². The zero-order valence-corrected chi connectivity index (χ0v) is 11.8. The van der Waals surface area contributed by atoms with Gasteiger partial charge in [-0.15, -0.1) is 0 Å². The van der Waals surface area contributed by atoms with Crippen molar-refractivity contribution in [2.75, 3.05) is 5.73 Å². The van der Waals surface area contributed by atoms with Crippen LogP contribution in [0.25, 0.3) is 22.6 Å². The van der Waals surface area contributed by atoms with Gasteiger partial charge >= 0.3 is 0 Å². The van der Waals surface area contributed by atoms with Gasteiger partial charge in [-0.25, -0.2) is 4.98 Å². The fourth-order valence-corrected chi connectivity index (χ4v) is 2.09. The van der Waals surface area contributed by atoms with Gasteiger partial charge in [0.1, 0.15) is 5.52 Å². The summed E-state index contributed by atoms with van der Waals surface area (Å²) in [5.41, 5.74) is 10.1. The highest BCUT2D eigenvalue weighted by molar-refractivity contribution is 5.77. The van der Waals surface area contributed by atoms with Gasteiger partial charge in [-0.2, -0.15) is 0 Å². The molecular weight excluding hydrogens is 250 g/mol. The van der Waals surface area contributed by atoms with E-state index in [1.807, 2.05) is 12.1 Å². The number of rotatable bonds is 1. The SMILES string of the molecule is CC(C)(C)c1ccc2oc(-c3cncc(N)c3)nc2c1. The molecule has 0 radical (unpaired) electrons. The lowest BCUT2D eigenvalue weighted by molar-refractivity contribution is 0.590. The highest BCUT2D eigenvalue weighted by Crippen LogP contribution is 2.29. The predicted molar refractivity (Wildman–Crippen MR) is 80.4 cm³/mol. The summed E-state index contributed by atoms with van der Waals surface area (Å²) in [4.78, 5) is 8.60. The molecule has 2 N–H and O–H groups in total. The Hall–Kier alpha value is -2.36. The van der Waals surface area contributed by atoms with Crippen molar-refractivity contribution < 1.29 is 4.42 Å². The molecular formula is C16H17N3O. The minimum atomic E-state index is 0.0893. The smallest absolute Gasteiger partial charge is 0.228 e. The lowest BCUT2D eigenvalue weighted by Crippen LogP contribution is -2.10. The summed E-state index contributed by atoms with van der Waals surface area (Å²) in [5, 5.41) is 0. The van der Waals surface area contributed by atoms with Gasteiger partial charge in [0.15, 0.2) is 5.58 Å². The highest BCUT2D eigenvalue weighted by atomic mass is 16.3. The van der Waals surface area contributed by atoms with Crippen molar-refractivity contribution in [3.05, 3.63) is 42.2 Å². The van der Waals surface area contributed by atoms with Crippen LogP contribution in [-0.4, -0.2) is 9.97 Å². The molecule has 0 aliphatic rings. The molecule has 0 amide bonds. The lowest BCUT2D eigenvalue weighted by atomic mass is 9.87. The molecule has 0 unspecified atom stereocenters. The van der Waals surface area contributed by atoms with Crippen molar-refractivity contribution in [2.45, 2.75) is 26.2 Å². The Morgan fingerprint density at radius 3 is 2.60 bits per heavy atom. The zero-order chi connectivity index (χ0) is 14.3.